The molecule has 100 valence electrons. The van der Waals surface area contributed by atoms with Gasteiger partial charge in [-0.3, -0.25) is 0 Å². The molecule has 0 aromatic rings. The van der Waals surface area contributed by atoms with Crippen LogP contribution in [0.1, 0.15) is 12.8 Å². The second kappa shape index (κ2) is 7.03. The fourth-order valence-electron chi connectivity index (χ4n) is 2.31. The summed E-state index contributed by atoms with van der Waals surface area (Å²) in [6.45, 7) is 5.27. The van der Waals surface area contributed by atoms with Crippen molar-refractivity contribution in [3.8, 4) is 0 Å². The zero-order valence-electron chi connectivity index (χ0n) is 10.1. The monoisotopic (exact) mass is 263 g/mol. The van der Waals surface area contributed by atoms with E-state index in [4.69, 9.17) is 10.5 Å². The minimum atomic E-state index is 0. The van der Waals surface area contributed by atoms with Crippen molar-refractivity contribution in [3.63, 3.8) is 0 Å². The van der Waals surface area contributed by atoms with Gasteiger partial charge in [-0.05, 0) is 25.3 Å². The molecule has 5 nitrogen and oxygen atoms in total. The average Bonchev–Trinajstić information content (AvgIpc) is 2.39. The Kier molecular flexibility index (Phi) is 6.02. The van der Waals surface area contributed by atoms with E-state index in [1.54, 1.807) is 0 Å². The Morgan fingerprint density at radius 2 is 1.65 bits per heavy atom. The minimum Gasteiger partial charge on any atom is -0.378 e. The maximum Gasteiger partial charge on any atom is 0.320 e. The number of hydrogen-bond donors (Lipinski definition) is 1. The van der Waals surface area contributed by atoms with Crippen molar-refractivity contribution < 1.29 is 9.53 Å². The highest BCUT2D eigenvalue weighted by Gasteiger charge is 2.26. The molecule has 0 aliphatic carbocycles. The SMILES string of the molecule is Cl.NCC1CCN(C(=O)N2CCOCC2)CC1. The smallest absolute Gasteiger partial charge is 0.320 e. The zero-order chi connectivity index (χ0) is 11.4. The number of halogens is 1. The van der Waals surface area contributed by atoms with Gasteiger partial charge in [0, 0.05) is 26.2 Å². The highest BCUT2D eigenvalue weighted by Crippen LogP contribution is 2.17. The van der Waals surface area contributed by atoms with Gasteiger partial charge in [-0.1, -0.05) is 0 Å². The lowest BCUT2D eigenvalue weighted by Crippen LogP contribution is -2.50. The number of likely N-dealkylation sites (tertiary alicyclic amines) is 1. The van der Waals surface area contributed by atoms with E-state index in [-0.39, 0.29) is 18.4 Å². The zero-order valence-corrected chi connectivity index (χ0v) is 11.0. The quantitative estimate of drug-likeness (QED) is 0.751. The molecule has 6 heteroatoms. The summed E-state index contributed by atoms with van der Waals surface area (Å²) in [5.74, 6) is 0.605. The van der Waals surface area contributed by atoms with E-state index in [0.717, 1.165) is 45.6 Å². The van der Waals surface area contributed by atoms with Crippen LogP contribution in [0.3, 0.4) is 0 Å². The Balaban J connectivity index is 0.00000144. The minimum absolute atomic E-state index is 0. The Hall–Kier alpha value is -0.520. The molecule has 0 saturated carbocycles. The lowest BCUT2D eigenvalue weighted by atomic mass is 9.97. The van der Waals surface area contributed by atoms with Gasteiger partial charge in [0.25, 0.3) is 0 Å². The summed E-state index contributed by atoms with van der Waals surface area (Å²) >= 11 is 0. The Bertz CT molecular complexity index is 239. The number of rotatable bonds is 1. The van der Waals surface area contributed by atoms with Gasteiger partial charge in [-0.25, -0.2) is 4.79 Å². The van der Waals surface area contributed by atoms with Crippen LogP contribution in [0.2, 0.25) is 0 Å². The maximum atomic E-state index is 12.1. The van der Waals surface area contributed by atoms with Crippen molar-refractivity contribution >= 4 is 18.4 Å². The summed E-state index contributed by atoms with van der Waals surface area (Å²) in [5.41, 5.74) is 5.64. The van der Waals surface area contributed by atoms with Crippen molar-refractivity contribution in [2.24, 2.45) is 11.7 Å². The number of ether oxygens (including phenoxy) is 1. The van der Waals surface area contributed by atoms with Gasteiger partial charge in [-0.15, -0.1) is 12.4 Å². The molecule has 2 N–H and O–H groups in total. The van der Waals surface area contributed by atoms with Crippen LogP contribution in [0.5, 0.6) is 0 Å². The van der Waals surface area contributed by atoms with E-state index >= 15 is 0 Å². The molecule has 2 amide bonds. The first kappa shape index (κ1) is 14.5. The number of carbonyl (C=O) groups is 1. The largest absolute Gasteiger partial charge is 0.378 e. The van der Waals surface area contributed by atoms with Crippen LogP contribution in [-0.2, 0) is 4.74 Å². The summed E-state index contributed by atoms with van der Waals surface area (Å²) < 4.78 is 5.24. The maximum absolute atomic E-state index is 12.1. The van der Waals surface area contributed by atoms with E-state index in [9.17, 15) is 4.79 Å². The fraction of sp³-hybridized carbons (Fsp3) is 0.909. The summed E-state index contributed by atoms with van der Waals surface area (Å²) in [7, 11) is 0. The van der Waals surface area contributed by atoms with Crippen LogP contribution in [-0.4, -0.2) is 61.8 Å². The number of nitrogens with two attached hydrogens (primary N) is 1. The van der Waals surface area contributed by atoms with Crippen LogP contribution in [0.25, 0.3) is 0 Å². The molecule has 2 rings (SSSR count). The van der Waals surface area contributed by atoms with Gasteiger partial charge in [0.15, 0.2) is 0 Å². The third-order valence-corrected chi connectivity index (χ3v) is 3.50. The molecular formula is C11H22ClN3O2. The molecule has 17 heavy (non-hydrogen) atoms. The van der Waals surface area contributed by atoms with E-state index in [1.807, 2.05) is 9.80 Å². The molecule has 0 aromatic heterocycles. The molecule has 2 aliphatic rings. The molecule has 2 heterocycles. The van der Waals surface area contributed by atoms with Crippen molar-refractivity contribution in [1.82, 2.24) is 9.80 Å². The van der Waals surface area contributed by atoms with Crippen LogP contribution in [0.4, 0.5) is 4.79 Å². The fourth-order valence-corrected chi connectivity index (χ4v) is 2.31. The van der Waals surface area contributed by atoms with Crippen LogP contribution in [0.15, 0.2) is 0 Å². The first-order valence-electron chi connectivity index (χ1n) is 6.13. The molecule has 0 aromatic carbocycles. The third-order valence-electron chi connectivity index (χ3n) is 3.50. The summed E-state index contributed by atoms with van der Waals surface area (Å²) in [6.07, 6.45) is 2.10. The predicted octanol–water partition coefficient (Wildman–Crippen LogP) is 0.531. The van der Waals surface area contributed by atoms with Crippen LogP contribution >= 0.6 is 12.4 Å². The lowest BCUT2D eigenvalue weighted by Gasteiger charge is -2.36. The normalized spacial score (nSPS) is 22.2. The molecule has 2 aliphatic heterocycles. The van der Waals surface area contributed by atoms with Gasteiger partial charge in [0.1, 0.15) is 0 Å². The number of urea groups is 1. The van der Waals surface area contributed by atoms with Crippen molar-refractivity contribution in [1.29, 1.82) is 0 Å². The summed E-state index contributed by atoms with van der Waals surface area (Å²) in [4.78, 5) is 16.0. The van der Waals surface area contributed by atoms with E-state index in [0.29, 0.717) is 19.1 Å². The van der Waals surface area contributed by atoms with Gasteiger partial charge < -0.3 is 20.3 Å². The number of carbonyl (C=O) groups excluding carboxylic acids is 1. The number of hydrogen-bond acceptors (Lipinski definition) is 3. The van der Waals surface area contributed by atoms with Crippen molar-refractivity contribution in [2.45, 2.75) is 12.8 Å². The van der Waals surface area contributed by atoms with E-state index in [2.05, 4.69) is 0 Å². The molecule has 0 atom stereocenters. The highest BCUT2D eigenvalue weighted by atomic mass is 35.5. The topological polar surface area (TPSA) is 58.8 Å². The number of nitrogens with zero attached hydrogens (tertiary/aromatic N) is 2. The van der Waals surface area contributed by atoms with Crippen molar-refractivity contribution in [2.75, 3.05) is 45.9 Å². The Morgan fingerprint density at radius 3 is 2.18 bits per heavy atom. The molecule has 0 spiro atoms. The summed E-state index contributed by atoms with van der Waals surface area (Å²) in [6, 6.07) is 0.179. The first-order valence-corrected chi connectivity index (χ1v) is 6.13. The summed E-state index contributed by atoms with van der Waals surface area (Å²) in [5, 5.41) is 0. The molecule has 0 radical (unpaired) electrons. The van der Waals surface area contributed by atoms with Gasteiger partial charge in [0.05, 0.1) is 13.2 Å². The predicted molar refractivity (Wildman–Crippen MR) is 68.4 cm³/mol. The van der Waals surface area contributed by atoms with Gasteiger partial charge in [0.2, 0.25) is 0 Å². The second-order valence-corrected chi connectivity index (χ2v) is 4.55. The lowest BCUT2D eigenvalue weighted by molar-refractivity contribution is 0.0402. The second-order valence-electron chi connectivity index (χ2n) is 4.55. The van der Waals surface area contributed by atoms with Crippen LogP contribution in [0, 0.1) is 5.92 Å². The Labute approximate surface area is 109 Å². The molecule has 2 fully saturated rings. The molecule has 0 unspecified atom stereocenters. The highest BCUT2D eigenvalue weighted by molar-refractivity contribution is 5.85. The van der Waals surface area contributed by atoms with Gasteiger partial charge in [-0.2, -0.15) is 0 Å². The van der Waals surface area contributed by atoms with Gasteiger partial charge >= 0.3 is 6.03 Å². The number of amides is 2. The Morgan fingerprint density at radius 1 is 1.12 bits per heavy atom. The molecular weight excluding hydrogens is 242 g/mol. The van der Waals surface area contributed by atoms with Crippen LogP contribution < -0.4 is 5.73 Å². The first-order chi connectivity index (χ1) is 7.81. The number of morpholine rings is 1. The average molecular weight is 264 g/mol. The number of piperidine rings is 1. The van der Waals surface area contributed by atoms with Crippen molar-refractivity contribution in [3.05, 3.63) is 0 Å². The van der Waals surface area contributed by atoms with E-state index in [1.165, 1.54) is 0 Å². The third kappa shape index (κ3) is 3.72. The molecule has 2 saturated heterocycles. The molecule has 0 bridgehead atoms. The standard InChI is InChI=1S/C11H21N3O2.ClH/c12-9-10-1-3-13(4-2-10)11(15)14-5-7-16-8-6-14;/h10H,1-9,12H2;1H. The van der Waals surface area contributed by atoms with E-state index < -0.39 is 0 Å².